The monoisotopic (exact) mass is 608 g/mol. The number of rotatable bonds is 11. The van der Waals surface area contributed by atoms with E-state index in [1.54, 1.807) is 32.0 Å². The minimum atomic E-state index is -0.616. The maximum Gasteiger partial charge on any atom is 0.338 e. The summed E-state index contributed by atoms with van der Waals surface area (Å²) in [5.41, 5.74) is 5.95. The molecule has 44 heavy (non-hydrogen) atoms. The van der Waals surface area contributed by atoms with Crippen molar-refractivity contribution in [3.05, 3.63) is 119 Å². The van der Waals surface area contributed by atoms with Crippen molar-refractivity contribution in [2.24, 2.45) is 5.10 Å². The highest BCUT2D eigenvalue weighted by molar-refractivity contribution is 7.80. The molecule has 0 aliphatic carbocycles. The Morgan fingerprint density at radius 3 is 2.61 bits per heavy atom. The van der Waals surface area contributed by atoms with Gasteiger partial charge in [-0.05, 0) is 66.2 Å². The van der Waals surface area contributed by atoms with Crippen LogP contribution in [0, 0.1) is 0 Å². The number of allylic oxidation sites excluding steroid dienone is 1. The van der Waals surface area contributed by atoms with Gasteiger partial charge in [0.2, 0.25) is 0 Å². The van der Waals surface area contributed by atoms with Gasteiger partial charge in [-0.1, -0.05) is 72.8 Å². The zero-order chi connectivity index (χ0) is 30.9. The van der Waals surface area contributed by atoms with E-state index in [0.29, 0.717) is 40.1 Å². The molecule has 5 rings (SSSR count). The number of hydrazone groups is 1. The Balaban J connectivity index is 1.19. The standard InChI is InChI=1S/C34H32N4O5S/c1-3-41-33(40)31-22(2)36-34(44)37-32(31)28-16-6-7-17-29(28)43-21-30(39)38-35-19-23-10-8-14-26(18-23)42-20-25-13-9-12-24-11-4-5-15-27(24)25/h4-19,32H,3,20-21H2,1-2H3,(H,38,39)(H2,36,37,44)/t32-/m1/s1. The van der Waals surface area contributed by atoms with Crippen LogP contribution in [-0.2, 0) is 20.9 Å². The molecule has 0 bridgehead atoms. The van der Waals surface area contributed by atoms with E-state index in [4.69, 9.17) is 26.4 Å². The summed E-state index contributed by atoms with van der Waals surface area (Å²) in [6.07, 6.45) is 1.54. The predicted molar refractivity (Wildman–Crippen MR) is 173 cm³/mol. The molecule has 3 N–H and O–H groups in total. The maximum atomic E-state index is 12.7. The smallest absolute Gasteiger partial charge is 0.338 e. The summed E-state index contributed by atoms with van der Waals surface area (Å²) in [6.45, 7) is 3.86. The Bertz CT molecular complexity index is 1750. The molecule has 1 heterocycles. The molecule has 224 valence electrons. The second kappa shape index (κ2) is 14.3. The number of thiocarbonyl (C=S) groups is 1. The zero-order valence-electron chi connectivity index (χ0n) is 24.3. The zero-order valence-corrected chi connectivity index (χ0v) is 25.1. The first-order valence-corrected chi connectivity index (χ1v) is 14.5. The van der Waals surface area contributed by atoms with Crippen molar-refractivity contribution in [3.63, 3.8) is 0 Å². The molecular weight excluding hydrogens is 576 g/mol. The number of nitrogens with one attached hydrogen (secondary N) is 3. The lowest BCUT2D eigenvalue weighted by Gasteiger charge is -2.30. The molecule has 0 saturated carbocycles. The molecule has 0 unspecified atom stereocenters. The lowest BCUT2D eigenvalue weighted by atomic mass is 9.95. The van der Waals surface area contributed by atoms with Crippen LogP contribution in [0.3, 0.4) is 0 Å². The quantitative estimate of drug-likeness (QED) is 0.0911. The summed E-state index contributed by atoms with van der Waals surface area (Å²) in [4.78, 5) is 25.3. The summed E-state index contributed by atoms with van der Waals surface area (Å²) >= 11 is 5.33. The Hall–Kier alpha value is -5.22. The summed E-state index contributed by atoms with van der Waals surface area (Å²) < 4.78 is 17.2. The van der Waals surface area contributed by atoms with Crippen LogP contribution in [0.15, 0.2) is 107 Å². The molecule has 1 atom stereocenters. The molecule has 9 nitrogen and oxygen atoms in total. The van der Waals surface area contributed by atoms with Crippen LogP contribution in [0.1, 0.15) is 36.6 Å². The summed E-state index contributed by atoms with van der Waals surface area (Å²) in [5.74, 6) is 0.179. The number of hydrogen-bond acceptors (Lipinski definition) is 7. The molecule has 1 aliphatic heterocycles. The third-order valence-electron chi connectivity index (χ3n) is 6.89. The highest BCUT2D eigenvalue weighted by Gasteiger charge is 2.32. The number of carbonyl (C=O) groups is 2. The lowest BCUT2D eigenvalue weighted by Crippen LogP contribution is -2.45. The van der Waals surface area contributed by atoms with E-state index in [0.717, 1.165) is 21.9 Å². The molecule has 0 radical (unpaired) electrons. The fourth-order valence-electron chi connectivity index (χ4n) is 4.88. The van der Waals surface area contributed by atoms with Gasteiger partial charge in [-0.25, -0.2) is 10.2 Å². The Morgan fingerprint density at radius 2 is 1.75 bits per heavy atom. The molecule has 10 heteroatoms. The number of ether oxygens (including phenoxy) is 3. The molecular formula is C34H32N4O5S. The molecule has 1 aliphatic rings. The predicted octanol–water partition coefficient (Wildman–Crippen LogP) is 5.30. The van der Waals surface area contributed by atoms with Gasteiger partial charge in [0.15, 0.2) is 11.7 Å². The third kappa shape index (κ3) is 7.40. The van der Waals surface area contributed by atoms with E-state index in [9.17, 15) is 9.59 Å². The van der Waals surface area contributed by atoms with E-state index >= 15 is 0 Å². The number of esters is 1. The fraction of sp³-hybridized carbons (Fsp3) is 0.176. The average Bonchev–Trinajstić information content (AvgIpc) is 3.03. The van der Waals surface area contributed by atoms with Gasteiger partial charge in [0, 0.05) is 11.3 Å². The van der Waals surface area contributed by atoms with Gasteiger partial charge in [-0.2, -0.15) is 5.10 Å². The first-order valence-electron chi connectivity index (χ1n) is 14.1. The number of amides is 1. The van der Waals surface area contributed by atoms with Crippen LogP contribution < -0.4 is 25.5 Å². The maximum absolute atomic E-state index is 12.7. The average molecular weight is 609 g/mol. The van der Waals surface area contributed by atoms with Gasteiger partial charge in [-0.3, -0.25) is 4.79 Å². The molecule has 0 spiro atoms. The van der Waals surface area contributed by atoms with Gasteiger partial charge < -0.3 is 24.8 Å². The largest absolute Gasteiger partial charge is 0.489 e. The Labute approximate surface area is 260 Å². The highest BCUT2D eigenvalue weighted by atomic mass is 32.1. The summed E-state index contributed by atoms with van der Waals surface area (Å²) in [7, 11) is 0. The highest BCUT2D eigenvalue weighted by Crippen LogP contribution is 2.33. The van der Waals surface area contributed by atoms with E-state index in [1.807, 2.05) is 48.5 Å². The van der Waals surface area contributed by atoms with Gasteiger partial charge in [-0.15, -0.1) is 0 Å². The van der Waals surface area contributed by atoms with Crippen molar-refractivity contribution in [1.29, 1.82) is 0 Å². The van der Waals surface area contributed by atoms with Crippen LogP contribution >= 0.6 is 12.2 Å². The van der Waals surface area contributed by atoms with Crippen LogP contribution in [0.5, 0.6) is 11.5 Å². The first kappa shape index (κ1) is 30.2. The van der Waals surface area contributed by atoms with E-state index < -0.39 is 17.9 Å². The Morgan fingerprint density at radius 1 is 0.977 bits per heavy atom. The van der Waals surface area contributed by atoms with Gasteiger partial charge in [0.1, 0.15) is 18.1 Å². The third-order valence-corrected chi connectivity index (χ3v) is 7.11. The minimum absolute atomic E-state index is 0.230. The molecule has 4 aromatic carbocycles. The van der Waals surface area contributed by atoms with Crippen LogP contribution in [0.2, 0.25) is 0 Å². The van der Waals surface area contributed by atoms with Crippen molar-refractivity contribution in [3.8, 4) is 11.5 Å². The van der Waals surface area contributed by atoms with Crippen molar-refractivity contribution in [1.82, 2.24) is 16.1 Å². The first-order chi connectivity index (χ1) is 21.4. The second-order valence-electron chi connectivity index (χ2n) is 9.91. The van der Waals surface area contributed by atoms with Crippen molar-refractivity contribution < 1.29 is 23.8 Å². The molecule has 1 amide bonds. The summed E-state index contributed by atoms with van der Waals surface area (Å²) in [5, 5.41) is 12.8. The van der Waals surface area contributed by atoms with Crippen molar-refractivity contribution >= 4 is 46.2 Å². The lowest BCUT2D eigenvalue weighted by molar-refractivity contribution is -0.139. The second-order valence-corrected chi connectivity index (χ2v) is 10.3. The number of benzene rings is 4. The van der Waals surface area contributed by atoms with E-state index in [-0.39, 0.29) is 13.2 Å². The normalized spacial score (nSPS) is 14.6. The van der Waals surface area contributed by atoms with Crippen molar-refractivity contribution in [2.75, 3.05) is 13.2 Å². The number of para-hydroxylation sites is 1. The Kier molecular flexibility index (Phi) is 9.83. The van der Waals surface area contributed by atoms with Crippen molar-refractivity contribution in [2.45, 2.75) is 26.5 Å². The number of hydrogen-bond donors (Lipinski definition) is 3. The minimum Gasteiger partial charge on any atom is -0.489 e. The summed E-state index contributed by atoms with van der Waals surface area (Å²) in [6, 6.07) is 28.3. The van der Waals surface area contributed by atoms with Gasteiger partial charge in [0.05, 0.1) is 24.4 Å². The van der Waals surface area contributed by atoms with Crippen LogP contribution in [0.25, 0.3) is 10.8 Å². The fourth-order valence-corrected chi connectivity index (χ4v) is 5.15. The van der Waals surface area contributed by atoms with Gasteiger partial charge in [0.25, 0.3) is 5.91 Å². The van der Waals surface area contributed by atoms with Crippen LogP contribution in [-0.4, -0.2) is 36.4 Å². The number of fused-ring (bicyclic) bond motifs is 1. The van der Waals surface area contributed by atoms with E-state index in [1.165, 1.54) is 6.21 Å². The molecule has 4 aromatic rings. The van der Waals surface area contributed by atoms with Crippen LogP contribution in [0.4, 0.5) is 0 Å². The molecule has 0 aromatic heterocycles. The topological polar surface area (TPSA) is 110 Å². The van der Waals surface area contributed by atoms with E-state index in [2.05, 4.69) is 45.4 Å². The number of carbonyl (C=O) groups excluding carboxylic acids is 2. The number of nitrogens with zero attached hydrogens (tertiary/aromatic N) is 1. The molecule has 0 fully saturated rings. The molecule has 0 saturated heterocycles. The van der Waals surface area contributed by atoms with Gasteiger partial charge >= 0.3 is 5.97 Å². The SMILES string of the molecule is CCOC(=O)C1=C(C)NC(=S)N[C@@H]1c1ccccc1OCC(=O)NN=Cc1cccc(OCc2cccc3ccccc23)c1.